The van der Waals surface area contributed by atoms with Gasteiger partial charge in [0.25, 0.3) is 5.91 Å². The van der Waals surface area contributed by atoms with Crippen LogP contribution in [0, 0.1) is 5.92 Å². The Morgan fingerprint density at radius 2 is 1.84 bits per heavy atom. The Hall–Kier alpha value is -2.74. The van der Waals surface area contributed by atoms with Gasteiger partial charge in [-0.25, -0.2) is 4.79 Å². The van der Waals surface area contributed by atoms with Crippen molar-refractivity contribution >= 4 is 27.8 Å². The lowest BCUT2D eigenvalue weighted by Crippen LogP contribution is -2.33. The van der Waals surface area contributed by atoms with E-state index < -0.39 is 5.97 Å². The SMILES string of the molecule is CCOc1c(Br)cc(C(=O)OCC(=O)NC(c2ccc(OC)cc2)C2CC2)cc1OC. The minimum atomic E-state index is -0.621. The molecule has 1 aliphatic rings. The highest BCUT2D eigenvalue weighted by Crippen LogP contribution is 2.41. The third kappa shape index (κ3) is 5.91. The van der Waals surface area contributed by atoms with Gasteiger partial charge in [-0.15, -0.1) is 0 Å². The first-order valence-corrected chi connectivity index (χ1v) is 10.9. The van der Waals surface area contributed by atoms with Crippen LogP contribution in [0.5, 0.6) is 17.2 Å². The van der Waals surface area contributed by atoms with Gasteiger partial charge in [0.2, 0.25) is 0 Å². The molecule has 1 fully saturated rings. The van der Waals surface area contributed by atoms with Crippen molar-refractivity contribution in [3.05, 3.63) is 52.0 Å². The van der Waals surface area contributed by atoms with Crippen LogP contribution in [0.1, 0.15) is 41.7 Å². The zero-order valence-electron chi connectivity index (χ0n) is 17.8. The average Bonchev–Trinajstić information content (AvgIpc) is 3.62. The van der Waals surface area contributed by atoms with Crippen LogP contribution in [0.4, 0.5) is 0 Å². The monoisotopic (exact) mass is 491 g/mol. The van der Waals surface area contributed by atoms with Crippen LogP contribution in [0.2, 0.25) is 0 Å². The number of halogens is 1. The molecule has 1 N–H and O–H groups in total. The standard InChI is InChI=1S/C23H26BrNO6/c1-4-30-22-18(24)11-16(12-19(22)29-3)23(27)31-13-20(26)25-21(14-5-6-14)15-7-9-17(28-2)10-8-15/h7-12,14,21H,4-6,13H2,1-3H3,(H,25,26). The highest BCUT2D eigenvalue weighted by molar-refractivity contribution is 9.10. The van der Waals surface area contributed by atoms with Crippen molar-refractivity contribution < 1.29 is 28.5 Å². The molecule has 1 unspecified atom stereocenters. The van der Waals surface area contributed by atoms with E-state index in [0.29, 0.717) is 28.5 Å². The summed E-state index contributed by atoms with van der Waals surface area (Å²) < 4.78 is 21.8. The number of amides is 1. The molecule has 1 aliphatic carbocycles. The first-order chi connectivity index (χ1) is 15.0. The normalized spacial score (nSPS) is 13.8. The molecule has 1 atom stereocenters. The van der Waals surface area contributed by atoms with Crippen LogP contribution < -0.4 is 19.5 Å². The van der Waals surface area contributed by atoms with Crippen molar-refractivity contribution in [2.45, 2.75) is 25.8 Å². The van der Waals surface area contributed by atoms with Gasteiger partial charge in [0.05, 0.1) is 36.9 Å². The van der Waals surface area contributed by atoms with E-state index >= 15 is 0 Å². The summed E-state index contributed by atoms with van der Waals surface area (Å²) in [6.07, 6.45) is 2.10. The highest BCUT2D eigenvalue weighted by atomic mass is 79.9. The van der Waals surface area contributed by atoms with E-state index in [1.54, 1.807) is 13.2 Å². The molecule has 0 spiro atoms. The van der Waals surface area contributed by atoms with Crippen molar-refractivity contribution in [1.82, 2.24) is 5.32 Å². The van der Waals surface area contributed by atoms with Crippen LogP contribution in [0.15, 0.2) is 40.9 Å². The number of ether oxygens (including phenoxy) is 4. The number of carbonyl (C=O) groups is 2. The number of esters is 1. The largest absolute Gasteiger partial charge is 0.497 e. The quantitative estimate of drug-likeness (QED) is 0.499. The predicted molar refractivity (Wildman–Crippen MR) is 119 cm³/mol. The molecule has 2 aromatic carbocycles. The molecule has 31 heavy (non-hydrogen) atoms. The molecule has 0 aliphatic heterocycles. The molecule has 7 nitrogen and oxygen atoms in total. The third-order valence-corrected chi connectivity index (χ3v) is 5.56. The van der Waals surface area contributed by atoms with E-state index in [-0.39, 0.29) is 24.1 Å². The van der Waals surface area contributed by atoms with Crippen LogP contribution in [-0.2, 0) is 9.53 Å². The molecule has 0 radical (unpaired) electrons. The van der Waals surface area contributed by atoms with E-state index in [1.165, 1.54) is 13.2 Å². The molecular weight excluding hydrogens is 466 g/mol. The molecule has 0 aromatic heterocycles. The number of hydrogen-bond acceptors (Lipinski definition) is 6. The van der Waals surface area contributed by atoms with Gasteiger partial charge in [0, 0.05) is 0 Å². The van der Waals surface area contributed by atoms with Gasteiger partial charge < -0.3 is 24.3 Å². The molecule has 8 heteroatoms. The Morgan fingerprint density at radius 1 is 1.13 bits per heavy atom. The predicted octanol–water partition coefficient (Wildman–Crippen LogP) is 4.29. The highest BCUT2D eigenvalue weighted by Gasteiger charge is 2.33. The summed E-state index contributed by atoms with van der Waals surface area (Å²) in [6, 6.07) is 10.6. The topological polar surface area (TPSA) is 83.1 Å². The van der Waals surface area contributed by atoms with Gasteiger partial charge in [-0.3, -0.25) is 4.79 Å². The molecule has 1 saturated carbocycles. The first-order valence-electron chi connectivity index (χ1n) is 10.1. The summed E-state index contributed by atoms with van der Waals surface area (Å²) in [5, 5.41) is 2.99. The third-order valence-electron chi connectivity index (χ3n) is 4.97. The minimum absolute atomic E-state index is 0.114. The Labute approximate surface area is 190 Å². The van der Waals surface area contributed by atoms with Gasteiger partial charge in [0.15, 0.2) is 18.1 Å². The molecule has 166 valence electrons. The molecule has 0 bridgehead atoms. The summed E-state index contributed by atoms with van der Waals surface area (Å²) in [6.45, 7) is 1.94. The van der Waals surface area contributed by atoms with Crippen molar-refractivity contribution in [2.75, 3.05) is 27.4 Å². The summed E-state index contributed by atoms with van der Waals surface area (Å²) >= 11 is 3.38. The smallest absolute Gasteiger partial charge is 0.338 e. The molecule has 3 rings (SSSR count). The van der Waals surface area contributed by atoms with E-state index in [4.69, 9.17) is 18.9 Å². The molecule has 0 heterocycles. The second-order valence-electron chi connectivity index (χ2n) is 7.15. The molecule has 1 amide bonds. The lowest BCUT2D eigenvalue weighted by Gasteiger charge is -2.19. The maximum absolute atomic E-state index is 12.5. The molecular formula is C23H26BrNO6. The van der Waals surface area contributed by atoms with Gasteiger partial charge in [0.1, 0.15) is 5.75 Å². The summed E-state index contributed by atoms with van der Waals surface area (Å²) in [5.41, 5.74) is 1.26. The maximum Gasteiger partial charge on any atom is 0.338 e. The number of methoxy groups -OCH3 is 2. The minimum Gasteiger partial charge on any atom is -0.497 e. The number of benzene rings is 2. The second-order valence-corrected chi connectivity index (χ2v) is 8.01. The van der Waals surface area contributed by atoms with Gasteiger partial charge in [-0.05, 0) is 71.4 Å². The number of nitrogens with one attached hydrogen (secondary N) is 1. The second kappa shape index (κ2) is 10.5. The van der Waals surface area contributed by atoms with E-state index in [9.17, 15) is 9.59 Å². The fourth-order valence-corrected chi connectivity index (χ4v) is 3.82. The maximum atomic E-state index is 12.5. The summed E-state index contributed by atoms with van der Waals surface area (Å²) in [4.78, 5) is 25.0. The van der Waals surface area contributed by atoms with Crippen LogP contribution >= 0.6 is 15.9 Å². The zero-order valence-corrected chi connectivity index (χ0v) is 19.4. The van der Waals surface area contributed by atoms with Crippen molar-refractivity contribution in [1.29, 1.82) is 0 Å². The average molecular weight is 492 g/mol. The van der Waals surface area contributed by atoms with Crippen LogP contribution in [0.25, 0.3) is 0 Å². The molecule has 2 aromatic rings. The van der Waals surface area contributed by atoms with Crippen LogP contribution in [-0.4, -0.2) is 39.3 Å². The Bertz CT molecular complexity index is 926. The molecule has 0 saturated heterocycles. The lowest BCUT2D eigenvalue weighted by molar-refractivity contribution is -0.125. The summed E-state index contributed by atoms with van der Waals surface area (Å²) in [5.74, 6) is 1.09. The summed E-state index contributed by atoms with van der Waals surface area (Å²) in [7, 11) is 3.10. The Balaban J connectivity index is 1.61. The van der Waals surface area contributed by atoms with Crippen molar-refractivity contribution in [3.63, 3.8) is 0 Å². The van der Waals surface area contributed by atoms with E-state index in [2.05, 4.69) is 21.2 Å². The van der Waals surface area contributed by atoms with Gasteiger partial charge in [-0.1, -0.05) is 12.1 Å². The Morgan fingerprint density at radius 3 is 2.42 bits per heavy atom. The fourth-order valence-electron chi connectivity index (χ4n) is 3.27. The number of rotatable bonds is 10. The number of hydrogen-bond donors (Lipinski definition) is 1. The first kappa shape index (κ1) is 22.9. The Kier molecular flexibility index (Phi) is 7.79. The van der Waals surface area contributed by atoms with E-state index in [1.807, 2.05) is 31.2 Å². The fraction of sp³-hybridized carbons (Fsp3) is 0.391. The van der Waals surface area contributed by atoms with Gasteiger partial charge in [-0.2, -0.15) is 0 Å². The number of carbonyl (C=O) groups excluding carboxylic acids is 2. The van der Waals surface area contributed by atoms with Gasteiger partial charge >= 0.3 is 5.97 Å². The zero-order chi connectivity index (χ0) is 22.4. The van der Waals surface area contributed by atoms with Crippen LogP contribution in [0.3, 0.4) is 0 Å². The van der Waals surface area contributed by atoms with E-state index in [0.717, 1.165) is 24.2 Å². The van der Waals surface area contributed by atoms with Crippen molar-refractivity contribution in [2.24, 2.45) is 5.92 Å². The van der Waals surface area contributed by atoms with Crippen molar-refractivity contribution in [3.8, 4) is 17.2 Å². The lowest BCUT2D eigenvalue weighted by atomic mass is 10.0.